The van der Waals surface area contributed by atoms with Crippen LogP contribution in [0.15, 0.2) is 6.07 Å². The molecule has 1 rings (SSSR count). The first-order chi connectivity index (χ1) is 8.68. The van der Waals surface area contributed by atoms with Crippen molar-refractivity contribution >= 4 is 5.97 Å². The molecule has 9 heteroatoms. The van der Waals surface area contributed by atoms with Gasteiger partial charge in [0.15, 0.2) is 0 Å². The molecular weight excluding hydrogens is 280 g/mol. The maximum Gasteiger partial charge on any atom is 0.419 e. The van der Waals surface area contributed by atoms with Crippen molar-refractivity contribution in [2.75, 3.05) is 6.61 Å². The van der Waals surface area contributed by atoms with Gasteiger partial charge in [-0.1, -0.05) is 0 Å². The number of pyridine rings is 1. The van der Waals surface area contributed by atoms with E-state index in [1.165, 1.54) is 6.92 Å². The highest BCUT2D eigenvalue weighted by Gasteiger charge is 2.42. The van der Waals surface area contributed by atoms with Crippen LogP contribution in [0.25, 0.3) is 0 Å². The van der Waals surface area contributed by atoms with Gasteiger partial charge in [-0.15, -0.1) is 0 Å². The molecule has 0 aliphatic carbocycles. The molecule has 0 radical (unpaired) electrons. The highest BCUT2D eigenvalue weighted by atomic mass is 19.4. The lowest BCUT2D eigenvalue weighted by atomic mass is 10.1. The molecule has 0 bridgehead atoms. The minimum Gasteiger partial charge on any atom is -0.462 e. The molecule has 1 heterocycles. The van der Waals surface area contributed by atoms with Crippen LogP contribution in [0.1, 0.15) is 35.0 Å². The standard InChI is InChI=1S/C10H7F6NO2/c1-2-19-9(18)4-3-5(11)17-7(8(12)13)6(4)10(14,15)16/h3,8H,2H2,1H3. The van der Waals surface area contributed by atoms with E-state index in [9.17, 15) is 31.1 Å². The van der Waals surface area contributed by atoms with Crippen LogP contribution in [0, 0.1) is 5.95 Å². The third-order valence-electron chi connectivity index (χ3n) is 2.00. The van der Waals surface area contributed by atoms with Gasteiger partial charge in [-0.25, -0.2) is 18.6 Å². The fraction of sp³-hybridized carbons (Fsp3) is 0.400. The summed E-state index contributed by atoms with van der Waals surface area (Å²) in [5.41, 5.74) is -5.14. The van der Waals surface area contributed by atoms with Crippen molar-refractivity contribution < 1.29 is 35.9 Å². The van der Waals surface area contributed by atoms with E-state index in [1.807, 2.05) is 0 Å². The topological polar surface area (TPSA) is 39.2 Å². The van der Waals surface area contributed by atoms with Gasteiger partial charge in [0.2, 0.25) is 5.95 Å². The van der Waals surface area contributed by atoms with Gasteiger partial charge in [0.1, 0.15) is 5.69 Å². The summed E-state index contributed by atoms with van der Waals surface area (Å²) in [5, 5.41) is 0. The van der Waals surface area contributed by atoms with E-state index in [0.717, 1.165) is 0 Å². The first-order valence-electron chi connectivity index (χ1n) is 4.91. The first-order valence-corrected chi connectivity index (χ1v) is 4.91. The van der Waals surface area contributed by atoms with E-state index in [4.69, 9.17) is 0 Å². The average molecular weight is 287 g/mol. The second kappa shape index (κ2) is 5.45. The zero-order valence-corrected chi connectivity index (χ0v) is 9.39. The summed E-state index contributed by atoms with van der Waals surface area (Å²) >= 11 is 0. The molecule has 0 atom stereocenters. The number of aromatic nitrogens is 1. The quantitative estimate of drug-likeness (QED) is 0.486. The van der Waals surface area contributed by atoms with E-state index >= 15 is 0 Å². The van der Waals surface area contributed by atoms with Gasteiger partial charge < -0.3 is 4.74 Å². The number of halogens is 6. The lowest BCUT2D eigenvalue weighted by Gasteiger charge is -2.15. The Balaban J connectivity index is 3.56. The molecule has 0 saturated carbocycles. The Morgan fingerprint density at radius 2 is 2.00 bits per heavy atom. The average Bonchev–Trinajstić information content (AvgIpc) is 2.26. The molecule has 3 nitrogen and oxygen atoms in total. The SMILES string of the molecule is CCOC(=O)c1cc(F)nc(C(F)F)c1C(F)(F)F. The summed E-state index contributed by atoms with van der Waals surface area (Å²) in [6.07, 6.45) is -8.96. The van der Waals surface area contributed by atoms with Crippen LogP contribution in [0.4, 0.5) is 26.3 Å². The molecule has 0 unspecified atom stereocenters. The van der Waals surface area contributed by atoms with E-state index in [1.54, 1.807) is 0 Å². The summed E-state index contributed by atoms with van der Waals surface area (Å²) in [4.78, 5) is 13.8. The van der Waals surface area contributed by atoms with Crippen LogP contribution in [-0.2, 0) is 10.9 Å². The van der Waals surface area contributed by atoms with Crippen LogP contribution >= 0.6 is 0 Å². The number of rotatable bonds is 3. The molecule has 0 saturated heterocycles. The van der Waals surface area contributed by atoms with Crippen molar-refractivity contribution in [2.24, 2.45) is 0 Å². The molecule has 0 amide bonds. The van der Waals surface area contributed by atoms with Crippen LogP contribution in [0.5, 0.6) is 0 Å². The maximum atomic E-state index is 12.9. The van der Waals surface area contributed by atoms with Gasteiger partial charge in [0, 0.05) is 6.07 Å². The summed E-state index contributed by atoms with van der Waals surface area (Å²) < 4.78 is 80.3. The second-order valence-electron chi connectivity index (χ2n) is 3.27. The molecule has 1 aromatic heterocycles. The van der Waals surface area contributed by atoms with Crippen LogP contribution in [0.2, 0.25) is 0 Å². The lowest BCUT2D eigenvalue weighted by molar-refractivity contribution is -0.140. The number of carbonyl (C=O) groups is 1. The Morgan fingerprint density at radius 1 is 1.42 bits per heavy atom. The predicted octanol–water partition coefficient (Wildman–Crippen LogP) is 3.35. The number of alkyl halides is 5. The molecule has 0 aromatic carbocycles. The molecule has 0 N–H and O–H groups in total. The number of nitrogens with zero attached hydrogens (tertiary/aromatic N) is 1. The fourth-order valence-corrected chi connectivity index (χ4v) is 1.36. The van der Waals surface area contributed by atoms with Gasteiger partial charge in [0.25, 0.3) is 6.43 Å². The highest BCUT2D eigenvalue weighted by molar-refractivity contribution is 5.91. The Kier molecular flexibility index (Phi) is 4.38. The monoisotopic (exact) mass is 287 g/mol. The van der Waals surface area contributed by atoms with Crippen molar-refractivity contribution in [2.45, 2.75) is 19.5 Å². The molecule has 1 aromatic rings. The fourth-order valence-electron chi connectivity index (χ4n) is 1.36. The number of carbonyl (C=O) groups excluding carboxylic acids is 1. The van der Waals surface area contributed by atoms with Crippen LogP contribution in [0.3, 0.4) is 0 Å². The van der Waals surface area contributed by atoms with Gasteiger partial charge in [0.05, 0.1) is 17.7 Å². The number of hydrogen-bond acceptors (Lipinski definition) is 3. The maximum absolute atomic E-state index is 12.9. The summed E-state index contributed by atoms with van der Waals surface area (Å²) in [6, 6.07) is 0.118. The summed E-state index contributed by atoms with van der Waals surface area (Å²) in [6.45, 7) is 1.01. The minimum atomic E-state index is -5.28. The van der Waals surface area contributed by atoms with Crippen LogP contribution in [-0.4, -0.2) is 17.6 Å². The zero-order valence-electron chi connectivity index (χ0n) is 9.39. The van der Waals surface area contributed by atoms with Gasteiger partial charge >= 0.3 is 12.1 Å². The predicted molar refractivity (Wildman–Crippen MR) is 50.1 cm³/mol. The van der Waals surface area contributed by atoms with Gasteiger partial charge in [-0.2, -0.15) is 17.6 Å². The molecule has 0 aliphatic rings. The smallest absolute Gasteiger partial charge is 0.419 e. The Hall–Kier alpha value is -1.80. The molecule has 0 aliphatic heterocycles. The molecule has 19 heavy (non-hydrogen) atoms. The first kappa shape index (κ1) is 15.3. The van der Waals surface area contributed by atoms with Crippen LogP contribution < -0.4 is 0 Å². The third-order valence-corrected chi connectivity index (χ3v) is 2.00. The summed E-state index contributed by atoms with van der Waals surface area (Å²) in [7, 11) is 0. The third kappa shape index (κ3) is 3.36. The highest BCUT2D eigenvalue weighted by Crippen LogP contribution is 2.38. The largest absolute Gasteiger partial charge is 0.462 e. The molecule has 0 spiro atoms. The lowest BCUT2D eigenvalue weighted by Crippen LogP contribution is -2.20. The number of hydrogen-bond donors (Lipinski definition) is 0. The van der Waals surface area contributed by atoms with Gasteiger partial charge in [-0.3, -0.25) is 0 Å². The van der Waals surface area contributed by atoms with E-state index in [-0.39, 0.29) is 12.7 Å². The molecule has 0 fully saturated rings. The van der Waals surface area contributed by atoms with Gasteiger partial charge in [-0.05, 0) is 6.92 Å². The van der Waals surface area contributed by atoms with E-state index in [0.29, 0.717) is 0 Å². The number of esters is 1. The van der Waals surface area contributed by atoms with Crippen molar-refractivity contribution in [1.82, 2.24) is 4.98 Å². The normalized spacial score (nSPS) is 11.8. The van der Waals surface area contributed by atoms with Crippen molar-refractivity contribution in [1.29, 1.82) is 0 Å². The summed E-state index contributed by atoms with van der Waals surface area (Å²) in [5.74, 6) is -3.16. The molecular formula is C10H7F6NO2. The Bertz CT molecular complexity index is 486. The van der Waals surface area contributed by atoms with Crippen molar-refractivity contribution in [3.8, 4) is 0 Å². The number of ether oxygens (including phenoxy) is 1. The second-order valence-corrected chi connectivity index (χ2v) is 3.27. The Labute approximate surface area is 103 Å². The van der Waals surface area contributed by atoms with E-state index < -0.39 is 41.3 Å². The van der Waals surface area contributed by atoms with E-state index in [2.05, 4.69) is 9.72 Å². The molecule has 106 valence electrons. The minimum absolute atomic E-state index is 0.118. The zero-order chi connectivity index (χ0) is 14.8. The van der Waals surface area contributed by atoms with Crippen molar-refractivity contribution in [3.05, 3.63) is 28.8 Å². The Morgan fingerprint density at radius 3 is 2.42 bits per heavy atom. The van der Waals surface area contributed by atoms with Crippen molar-refractivity contribution in [3.63, 3.8) is 0 Å².